The van der Waals surface area contributed by atoms with Gasteiger partial charge in [-0.25, -0.2) is 4.68 Å². The van der Waals surface area contributed by atoms with Crippen LogP contribution in [0.5, 0.6) is 0 Å². The van der Waals surface area contributed by atoms with Crippen molar-refractivity contribution in [3.05, 3.63) is 47.8 Å². The second-order valence-electron chi connectivity index (χ2n) is 7.02. The molecule has 2 fully saturated rings. The Labute approximate surface area is 142 Å². The van der Waals surface area contributed by atoms with Gasteiger partial charge in [0.05, 0.1) is 12.7 Å². The Kier molecular flexibility index (Phi) is 3.84. The number of likely N-dealkylation sites (N-methyl/N-ethyl adjacent to an activating group) is 1. The van der Waals surface area contributed by atoms with E-state index < -0.39 is 0 Å². The van der Waals surface area contributed by atoms with Crippen molar-refractivity contribution >= 4 is 5.91 Å². The standard InChI is InChI=1S/C18H23N5O/c1-21-10-2-7-18(21)8-11-22(14-18)17(24)16-5-3-15(4-6-16)13-23-12-9-19-20-23/h3-6,9,12H,2,7-8,10-11,13-14H2,1H3. The van der Waals surface area contributed by atoms with Crippen molar-refractivity contribution < 1.29 is 4.79 Å². The van der Waals surface area contributed by atoms with E-state index in [2.05, 4.69) is 22.3 Å². The van der Waals surface area contributed by atoms with E-state index in [9.17, 15) is 4.79 Å². The Balaban J connectivity index is 1.43. The fourth-order valence-electron chi connectivity index (χ4n) is 4.06. The summed E-state index contributed by atoms with van der Waals surface area (Å²) in [4.78, 5) is 17.3. The van der Waals surface area contributed by atoms with Gasteiger partial charge in [0.1, 0.15) is 0 Å². The van der Waals surface area contributed by atoms with Crippen LogP contribution in [0.15, 0.2) is 36.7 Å². The average molecular weight is 325 g/mol. The molecule has 6 heteroatoms. The largest absolute Gasteiger partial charge is 0.337 e. The quantitative estimate of drug-likeness (QED) is 0.861. The van der Waals surface area contributed by atoms with Crippen LogP contribution in [0.3, 0.4) is 0 Å². The SMILES string of the molecule is CN1CCCC12CCN(C(=O)c1ccc(Cn3ccnn3)cc1)C2. The second kappa shape index (κ2) is 6.02. The van der Waals surface area contributed by atoms with E-state index in [0.717, 1.165) is 37.2 Å². The summed E-state index contributed by atoms with van der Waals surface area (Å²) in [5, 5.41) is 7.77. The van der Waals surface area contributed by atoms with Crippen molar-refractivity contribution in [3.8, 4) is 0 Å². The van der Waals surface area contributed by atoms with Gasteiger partial charge in [-0.3, -0.25) is 9.69 Å². The predicted molar refractivity (Wildman–Crippen MR) is 90.7 cm³/mol. The molecular weight excluding hydrogens is 302 g/mol. The van der Waals surface area contributed by atoms with Gasteiger partial charge in [-0.2, -0.15) is 0 Å². The topological polar surface area (TPSA) is 54.3 Å². The van der Waals surface area contributed by atoms with Gasteiger partial charge < -0.3 is 4.90 Å². The Morgan fingerprint density at radius 2 is 2.04 bits per heavy atom. The van der Waals surface area contributed by atoms with E-state index in [-0.39, 0.29) is 11.4 Å². The molecule has 0 aliphatic carbocycles. The molecule has 126 valence electrons. The number of carbonyl (C=O) groups is 1. The zero-order chi connectivity index (χ0) is 16.6. The molecule has 1 unspecified atom stereocenters. The lowest BCUT2D eigenvalue weighted by Crippen LogP contribution is -2.44. The predicted octanol–water partition coefficient (Wildman–Crippen LogP) is 1.64. The van der Waals surface area contributed by atoms with Crippen molar-refractivity contribution in [2.24, 2.45) is 0 Å². The summed E-state index contributed by atoms with van der Waals surface area (Å²) in [5.74, 6) is 0.152. The highest BCUT2D eigenvalue weighted by Crippen LogP contribution is 2.36. The molecule has 0 N–H and O–H groups in total. The molecule has 2 aromatic rings. The van der Waals surface area contributed by atoms with Gasteiger partial charge in [0.15, 0.2) is 0 Å². The maximum Gasteiger partial charge on any atom is 0.253 e. The van der Waals surface area contributed by atoms with Gasteiger partial charge in [-0.15, -0.1) is 5.10 Å². The van der Waals surface area contributed by atoms with Crippen molar-refractivity contribution in [3.63, 3.8) is 0 Å². The van der Waals surface area contributed by atoms with E-state index in [0.29, 0.717) is 6.54 Å². The molecule has 1 atom stereocenters. The molecule has 0 bridgehead atoms. The second-order valence-corrected chi connectivity index (χ2v) is 7.02. The lowest BCUT2D eigenvalue weighted by atomic mass is 9.96. The minimum absolute atomic E-state index is 0.152. The number of benzene rings is 1. The average Bonchev–Trinajstić information content (AvgIpc) is 3.32. The lowest BCUT2D eigenvalue weighted by Gasteiger charge is -2.31. The number of carbonyl (C=O) groups excluding carboxylic acids is 1. The highest BCUT2D eigenvalue weighted by atomic mass is 16.2. The molecule has 2 aliphatic rings. The summed E-state index contributed by atoms with van der Waals surface area (Å²) in [7, 11) is 2.19. The number of hydrogen-bond donors (Lipinski definition) is 0. The molecule has 1 spiro atoms. The maximum atomic E-state index is 12.8. The van der Waals surface area contributed by atoms with E-state index in [4.69, 9.17) is 0 Å². The van der Waals surface area contributed by atoms with Gasteiger partial charge in [-0.1, -0.05) is 17.3 Å². The van der Waals surface area contributed by atoms with Gasteiger partial charge in [0.2, 0.25) is 0 Å². The summed E-state index contributed by atoms with van der Waals surface area (Å²) in [6, 6.07) is 7.86. The number of aromatic nitrogens is 3. The van der Waals surface area contributed by atoms with Gasteiger partial charge in [-0.05, 0) is 50.6 Å². The van der Waals surface area contributed by atoms with E-state index in [1.54, 1.807) is 10.9 Å². The van der Waals surface area contributed by atoms with Crippen LogP contribution in [-0.4, -0.2) is 62.9 Å². The summed E-state index contributed by atoms with van der Waals surface area (Å²) in [6.07, 6.45) is 7.06. The van der Waals surface area contributed by atoms with Crippen molar-refractivity contribution in [1.29, 1.82) is 0 Å². The van der Waals surface area contributed by atoms with E-state index >= 15 is 0 Å². The zero-order valence-electron chi connectivity index (χ0n) is 14.1. The maximum absolute atomic E-state index is 12.8. The summed E-state index contributed by atoms with van der Waals surface area (Å²) < 4.78 is 1.77. The van der Waals surface area contributed by atoms with Gasteiger partial charge >= 0.3 is 0 Å². The van der Waals surface area contributed by atoms with Crippen LogP contribution in [-0.2, 0) is 6.54 Å². The van der Waals surface area contributed by atoms with Crippen LogP contribution in [0.2, 0.25) is 0 Å². The molecule has 6 nitrogen and oxygen atoms in total. The Hall–Kier alpha value is -2.21. The number of nitrogens with zero attached hydrogens (tertiary/aromatic N) is 5. The first kappa shape index (κ1) is 15.3. The number of rotatable bonds is 3. The van der Waals surface area contributed by atoms with Crippen LogP contribution in [0.1, 0.15) is 35.2 Å². The summed E-state index contributed by atoms with van der Waals surface area (Å²) >= 11 is 0. The first-order chi connectivity index (χ1) is 11.7. The highest BCUT2D eigenvalue weighted by Gasteiger charge is 2.45. The van der Waals surface area contributed by atoms with Crippen LogP contribution in [0, 0.1) is 0 Å². The minimum Gasteiger partial charge on any atom is -0.337 e. The van der Waals surface area contributed by atoms with Gasteiger partial charge in [0, 0.05) is 30.4 Å². The molecule has 1 aromatic carbocycles. The first-order valence-corrected chi connectivity index (χ1v) is 8.60. The number of hydrogen-bond acceptors (Lipinski definition) is 4. The first-order valence-electron chi connectivity index (χ1n) is 8.60. The third-order valence-corrected chi connectivity index (χ3v) is 5.58. The monoisotopic (exact) mass is 325 g/mol. The molecular formula is C18H23N5O. The van der Waals surface area contributed by atoms with Crippen LogP contribution >= 0.6 is 0 Å². The third kappa shape index (κ3) is 2.71. The normalized spacial score (nSPS) is 24.1. The third-order valence-electron chi connectivity index (χ3n) is 5.58. The van der Waals surface area contributed by atoms with Crippen LogP contribution in [0.4, 0.5) is 0 Å². The molecule has 2 saturated heterocycles. The summed E-state index contributed by atoms with van der Waals surface area (Å²) in [5.41, 5.74) is 2.11. The minimum atomic E-state index is 0.152. The smallest absolute Gasteiger partial charge is 0.253 e. The molecule has 0 saturated carbocycles. The molecule has 0 radical (unpaired) electrons. The lowest BCUT2D eigenvalue weighted by molar-refractivity contribution is 0.0760. The van der Waals surface area contributed by atoms with Crippen molar-refractivity contribution in [2.75, 3.05) is 26.7 Å². The molecule has 24 heavy (non-hydrogen) atoms. The fraction of sp³-hybridized carbons (Fsp3) is 0.500. The van der Waals surface area contributed by atoms with E-state index in [1.807, 2.05) is 35.4 Å². The Bertz CT molecular complexity index is 712. The highest BCUT2D eigenvalue weighted by molar-refractivity contribution is 5.94. The molecule has 3 heterocycles. The van der Waals surface area contributed by atoms with Crippen molar-refractivity contribution in [1.82, 2.24) is 24.8 Å². The number of likely N-dealkylation sites (tertiary alicyclic amines) is 2. The van der Waals surface area contributed by atoms with Crippen molar-refractivity contribution in [2.45, 2.75) is 31.3 Å². The fourth-order valence-corrected chi connectivity index (χ4v) is 4.06. The Morgan fingerprint density at radius 3 is 2.71 bits per heavy atom. The van der Waals surface area contributed by atoms with E-state index in [1.165, 1.54) is 12.8 Å². The van der Waals surface area contributed by atoms with Crippen LogP contribution < -0.4 is 0 Å². The molecule has 1 aromatic heterocycles. The zero-order valence-corrected chi connectivity index (χ0v) is 14.1. The van der Waals surface area contributed by atoms with Gasteiger partial charge in [0.25, 0.3) is 5.91 Å². The number of amides is 1. The summed E-state index contributed by atoms with van der Waals surface area (Å²) in [6.45, 7) is 3.55. The van der Waals surface area contributed by atoms with Crippen LogP contribution in [0.25, 0.3) is 0 Å². The molecule has 1 amide bonds. The molecule has 2 aliphatic heterocycles. The Morgan fingerprint density at radius 1 is 1.21 bits per heavy atom. The molecule has 4 rings (SSSR count).